The van der Waals surface area contributed by atoms with Crippen molar-refractivity contribution < 1.29 is 23.8 Å². The molecule has 12 heteroatoms. The maximum atomic E-state index is 14.1. The number of nitrogens with one attached hydrogen (secondary N) is 4. The second-order valence-corrected chi connectivity index (χ2v) is 7.59. The second-order valence-electron chi connectivity index (χ2n) is 7.59. The fourth-order valence-electron chi connectivity index (χ4n) is 3.66. The van der Waals surface area contributed by atoms with Crippen LogP contribution in [0, 0.1) is 5.82 Å². The number of aliphatic hydroxyl groups excluding tert-OH is 1. The fourth-order valence-corrected chi connectivity index (χ4v) is 3.66. The van der Waals surface area contributed by atoms with E-state index in [1.54, 1.807) is 13.1 Å². The quantitative estimate of drug-likeness (QED) is 0.356. The Balaban J connectivity index is 1.45. The van der Waals surface area contributed by atoms with Crippen molar-refractivity contribution in [3.8, 4) is 11.5 Å². The summed E-state index contributed by atoms with van der Waals surface area (Å²) in [7, 11) is 1.71. The first-order chi connectivity index (χ1) is 15.5. The van der Waals surface area contributed by atoms with Crippen molar-refractivity contribution in [2.24, 2.45) is 0 Å². The van der Waals surface area contributed by atoms with E-state index in [9.17, 15) is 14.3 Å². The zero-order chi connectivity index (χ0) is 22.2. The van der Waals surface area contributed by atoms with Gasteiger partial charge in [0.15, 0.2) is 17.1 Å². The highest BCUT2D eigenvalue weighted by Gasteiger charge is 2.28. The van der Waals surface area contributed by atoms with Crippen LogP contribution in [-0.2, 0) is 0 Å². The summed E-state index contributed by atoms with van der Waals surface area (Å²) >= 11 is 0. The summed E-state index contributed by atoms with van der Waals surface area (Å²) < 4.78 is 26.7. The molecule has 1 saturated carbocycles. The molecule has 0 spiro atoms. The number of aromatic nitrogens is 3. The maximum Gasteiger partial charge on any atom is 0.270 e. The summed E-state index contributed by atoms with van der Waals surface area (Å²) in [6, 6.07) is 4.26. The summed E-state index contributed by atoms with van der Waals surface area (Å²) in [6.45, 7) is 0.686. The second kappa shape index (κ2) is 8.13. The van der Waals surface area contributed by atoms with Gasteiger partial charge in [-0.1, -0.05) is 0 Å². The van der Waals surface area contributed by atoms with Crippen LogP contribution >= 0.6 is 0 Å². The van der Waals surface area contributed by atoms with Gasteiger partial charge in [0.1, 0.15) is 36.2 Å². The minimum absolute atomic E-state index is 0.0233. The average molecular weight is 443 g/mol. The van der Waals surface area contributed by atoms with Gasteiger partial charge in [-0.3, -0.25) is 10.2 Å². The zero-order valence-corrected chi connectivity index (χ0v) is 17.2. The Labute approximate surface area is 181 Å². The number of benzene rings is 1. The topological polar surface area (TPSA) is 134 Å². The van der Waals surface area contributed by atoms with Gasteiger partial charge in [-0.2, -0.15) is 9.61 Å². The number of hydrazine groups is 1. The largest absolute Gasteiger partial charge is 0.486 e. The van der Waals surface area contributed by atoms with Crippen molar-refractivity contribution in [3.63, 3.8) is 0 Å². The van der Waals surface area contributed by atoms with E-state index in [2.05, 4.69) is 31.6 Å². The number of carbonyl (C=O) groups excluding carboxylic acids is 1. The molecule has 0 unspecified atom stereocenters. The van der Waals surface area contributed by atoms with E-state index in [0.717, 1.165) is 0 Å². The van der Waals surface area contributed by atoms with Crippen LogP contribution < -0.4 is 31.0 Å². The predicted molar refractivity (Wildman–Crippen MR) is 113 cm³/mol. The van der Waals surface area contributed by atoms with Crippen LogP contribution in [0.25, 0.3) is 5.65 Å². The van der Waals surface area contributed by atoms with E-state index in [4.69, 9.17) is 9.47 Å². The van der Waals surface area contributed by atoms with Gasteiger partial charge in [0.05, 0.1) is 18.0 Å². The summed E-state index contributed by atoms with van der Waals surface area (Å²) in [6.07, 6.45) is 2.24. The molecule has 1 aliphatic heterocycles. The van der Waals surface area contributed by atoms with Crippen LogP contribution in [0.1, 0.15) is 23.2 Å². The van der Waals surface area contributed by atoms with Crippen molar-refractivity contribution in [2.75, 3.05) is 30.9 Å². The number of carbonyl (C=O) groups is 1. The standard InChI is InChI=1S/C20H22FN7O4/c1-22-17-8-16(24-14-4-10(21)5-15-18(14)32-3-2-31-15)25-19-13(9-23-28(17)19)20(30)27-26-11-6-12(29)7-11/h4-5,8-9,11-12,22,26,29H,2-3,6-7H2,1H3,(H,24,25)(H,27,30). The lowest BCUT2D eigenvalue weighted by Gasteiger charge is -2.31. The Kier molecular flexibility index (Phi) is 5.15. The Hall–Kier alpha value is -3.64. The number of ether oxygens (including phenoxy) is 2. The third-order valence-electron chi connectivity index (χ3n) is 5.35. The van der Waals surface area contributed by atoms with Gasteiger partial charge in [-0.15, -0.1) is 0 Å². The van der Waals surface area contributed by atoms with Crippen LogP contribution in [0.15, 0.2) is 24.4 Å². The number of halogens is 1. The van der Waals surface area contributed by atoms with E-state index in [1.165, 1.54) is 22.8 Å². The number of rotatable bonds is 6. The molecular weight excluding hydrogens is 421 g/mol. The molecule has 0 radical (unpaired) electrons. The zero-order valence-electron chi connectivity index (χ0n) is 17.2. The molecule has 0 atom stereocenters. The van der Waals surface area contributed by atoms with Crippen molar-refractivity contribution >= 4 is 28.9 Å². The van der Waals surface area contributed by atoms with E-state index in [-0.39, 0.29) is 17.7 Å². The Morgan fingerprint density at radius 2 is 2.06 bits per heavy atom. The molecule has 1 fully saturated rings. The average Bonchev–Trinajstić information content (AvgIpc) is 3.19. The minimum Gasteiger partial charge on any atom is -0.486 e. The van der Waals surface area contributed by atoms with Gasteiger partial charge in [0, 0.05) is 31.3 Å². The van der Waals surface area contributed by atoms with Crippen molar-refractivity contribution in [2.45, 2.75) is 25.0 Å². The lowest BCUT2D eigenvalue weighted by Crippen LogP contribution is -2.52. The van der Waals surface area contributed by atoms with Gasteiger partial charge in [0.25, 0.3) is 5.91 Å². The lowest BCUT2D eigenvalue weighted by molar-refractivity contribution is 0.0534. The first-order valence-corrected chi connectivity index (χ1v) is 10.2. The number of aliphatic hydroxyl groups is 1. The number of hydrogen-bond acceptors (Lipinski definition) is 9. The summed E-state index contributed by atoms with van der Waals surface area (Å²) in [4.78, 5) is 17.2. The van der Waals surface area contributed by atoms with Crippen LogP contribution in [0.5, 0.6) is 11.5 Å². The first-order valence-electron chi connectivity index (χ1n) is 10.2. The van der Waals surface area contributed by atoms with Crippen LogP contribution in [0.2, 0.25) is 0 Å². The molecule has 0 saturated heterocycles. The van der Waals surface area contributed by atoms with Gasteiger partial charge >= 0.3 is 0 Å². The first kappa shape index (κ1) is 20.3. The fraction of sp³-hybridized carbons (Fsp3) is 0.350. The molecular formula is C20H22FN7O4. The molecule has 3 aromatic rings. The normalized spacial score (nSPS) is 19.3. The smallest absolute Gasteiger partial charge is 0.270 e. The Bertz CT molecular complexity index is 1180. The van der Waals surface area contributed by atoms with Crippen molar-refractivity contribution in [3.05, 3.63) is 35.8 Å². The highest BCUT2D eigenvalue weighted by atomic mass is 19.1. The summed E-state index contributed by atoms with van der Waals surface area (Å²) in [5.41, 5.74) is 6.44. The molecule has 168 valence electrons. The molecule has 1 aliphatic carbocycles. The summed E-state index contributed by atoms with van der Waals surface area (Å²) in [5.74, 6) is 0.729. The van der Waals surface area contributed by atoms with E-state index >= 15 is 0 Å². The number of anilines is 3. The van der Waals surface area contributed by atoms with E-state index in [0.29, 0.717) is 60.5 Å². The SMILES string of the molecule is CNc1cc(Nc2cc(F)cc3c2OCCO3)nc2c(C(=O)NNC3CC(O)C3)cnn12. The van der Waals surface area contributed by atoms with Crippen LogP contribution in [0.3, 0.4) is 0 Å². The van der Waals surface area contributed by atoms with Crippen molar-refractivity contribution in [1.82, 2.24) is 25.4 Å². The van der Waals surface area contributed by atoms with Gasteiger partial charge < -0.3 is 25.2 Å². The highest BCUT2D eigenvalue weighted by molar-refractivity contribution is 5.99. The number of hydrogen-bond donors (Lipinski definition) is 5. The van der Waals surface area contributed by atoms with E-state index < -0.39 is 11.7 Å². The monoisotopic (exact) mass is 443 g/mol. The molecule has 2 aliphatic rings. The number of fused-ring (bicyclic) bond motifs is 2. The number of nitrogens with zero attached hydrogens (tertiary/aromatic N) is 3. The molecule has 1 amide bonds. The third-order valence-corrected chi connectivity index (χ3v) is 5.35. The van der Waals surface area contributed by atoms with Crippen molar-refractivity contribution in [1.29, 1.82) is 0 Å². The minimum atomic E-state index is -0.483. The van der Waals surface area contributed by atoms with Crippen LogP contribution in [-0.4, -0.2) is 58.0 Å². The molecule has 3 heterocycles. The lowest BCUT2D eigenvalue weighted by atomic mass is 9.90. The molecule has 11 nitrogen and oxygen atoms in total. The van der Waals surface area contributed by atoms with Gasteiger partial charge in [-0.25, -0.2) is 14.8 Å². The van der Waals surface area contributed by atoms with E-state index in [1.807, 2.05) is 0 Å². The molecule has 32 heavy (non-hydrogen) atoms. The molecule has 0 bridgehead atoms. The predicted octanol–water partition coefficient (Wildman–Crippen LogP) is 1.18. The highest BCUT2D eigenvalue weighted by Crippen LogP contribution is 2.40. The Morgan fingerprint density at radius 1 is 1.25 bits per heavy atom. The molecule has 2 aromatic heterocycles. The van der Waals surface area contributed by atoms with Crippen LogP contribution in [0.4, 0.5) is 21.7 Å². The van der Waals surface area contributed by atoms with Gasteiger partial charge in [-0.05, 0) is 12.8 Å². The molecule has 5 rings (SSSR count). The Morgan fingerprint density at radius 3 is 2.84 bits per heavy atom. The van der Waals surface area contributed by atoms with Gasteiger partial charge in [0.2, 0.25) is 0 Å². The number of amides is 1. The molecule has 5 N–H and O–H groups in total. The summed E-state index contributed by atoms with van der Waals surface area (Å²) in [5, 5.41) is 19.7. The maximum absolute atomic E-state index is 14.1. The molecule has 1 aromatic carbocycles. The third kappa shape index (κ3) is 3.74.